The van der Waals surface area contributed by atoms with Crippen LogP contribution in [0.25, 0.3) is 0 Å². The molecular weight excluding hydrogens is 277 g/mol. The summed E-state index contributed by atoms with van der Waals surface area (Å²) in [5, 5.41) is 0.643. The van der Waals surface area contributed by atoms with Crippen molar-refractivity contribution in [1.82, 2.24) is 0 Å². The molecule has 0 aliphatic heterocycles. The number of hydrogen-bond acceptors (Lipinski definition) is 2. The number of nitrogens with two attached hydrogens (primary N) is 1. The van der Waals surface area contributed by atoms with Crippen molar-refractivity contribution < 1.29 is 4.74 Å². The van der Waals surface area contributed by atoms with Crippen LogP contribution in [0.1, 0.15) is 0 Å². The molecule has 74 valence electrons. The summed E-state index contributed by atoms with van der Waals surface area (Å²) in [6.45, 7) is 0.998. The molecule has 0 bridgehead atoms. The van der Waals surface area contributed by atoms with Crippen LogP contribution in [0.15, 0.2) is 22.7 Å². The molecule has 2 nitrogen and oxygen atoms in total. The highest BCUT2D eigenvalue weighted by atomic mass is 79.9. The quantitative estimate of drug-likeness (QED) is 0.927. The lowest BCUT2D eigenvalue weighted by Crippen LogP contribution is -2.10. The van der Waals surface area contributed by atoms with E-state index in [0.29, 0.717) is 18.2 Å². The van der Waals surface area contributed by atoms with Crippen LogP contribution in [0.3, 0.4) is 0 Å². The normalized spacial score (nSPS) is 9.15. The number of rotatable bonds is 3. The van der Waals surface area contributed by atoms with Crippen LogP contribution in [-0.4, -0.2) is 13.2 Å². The van der Waals surface area contributed by atoms with Gasteiger partial charge in [-0.1, -0.05) is 17.7 Å². The minimum Gasteiger partial charge on any atom is -0.491 e. The third kappa shape index (κ3) is 3.73. The first-order valence-electron chi connectivity index (χ1n) is 3.52. The highest BCUT2D eigenvalue weighted by molar-refractivity contribution is 9.10. The SMILES string of the molecule is Cl.NCCOc1cccc(Cl)c1Br. The zero-order valence-electron chi connectivity index (χ0n) is 6.80. The van der Waals surface area contributed by atoms with Gasteiger partial charge in [0.05, 0.1) is 9.50 Å². The highest BCUT2D eigenvalue weighted by Crippen LogP contribution is 2.31. The zero-order chi connectivity index (χ0) is 8.97. The zero-order valence-corrected chi connectivity index (χ0v) is 9.95. The highest BCUT2D eigenvalue weighted by Gasteiger charge is 2.03. The third-order valence-electron chi connectivity index (χ3n) is 1.29. The molecule has 2 N–H and O–H groups in total. The van der Waals surface area contributed by atoms with E-state index in [2.05, 4.69) is 15.9 Å². The fourth-order valence-corrected chi connectivity index (χ4v) is 1.31. The fourth-order valence-electron chi connectivity index (χ4n) is 0.764. The van der Waals surface area contributed by atoms with Crippen molar-refractivity contribution in [2.75, 3.05) is 13.2 Å². The van der Waals surface area contributed by atoms with Crippen molar-refractivity contribution in [3.8, 4) is 5.75 Å². The number of halogens is 3. The molecule has 0 amide bonds. The van der Waals surface area contributed by atoms with Crippen LogP contribution in [0, 0.1) is 0 Å². The van der Waals surface area contributed by atoms with E-state index in [0.717, 1.165) is 10.2 Å². The van der Waals surface area contributed by atoms with Crippen LogP contribution in [-0.2, 0) is 0 Å². The Labute approximate surface area is 96.9 Å². The molecule has 0 aliphatic rings. The van der Waals surface area contributed by atoms with E-state index >= 15 is 0 Å². The molecule has 5 heteroatoms. The van der Waals surface area contributed by atoms with Gasteiger partial charge < -0.3 is 10.5 Å². The maximum absolute atomic E-state index is 5.83. The molecule has 0 aromatic heterocycles. The summed E-state index contributed by atoms with van der Waals surface area (Å²) in [6, 6.07) is 5.46. The van der Waals surface area contributed by atoms with Crippen LogP contribution < -0.4 is 10.5 Å². The molecule has 13 heavy (non-hydrogen) atoms. The van der Waals surface area contributed by atoms with E-state index < -0.39 is 0 Å². The van der Waals surface area contributed by atoms with Crippen LogP contribution >= 0.6 is 39.9 Å². The largest absolute Gasteiger partial charge is 0.491 e. The first-order valence-corrected chi connectivity index (χ1v) is 4.69. The summed E-state index contributed by atoms with van der Waals surface area (Å²) < 4.78 is 6.09. The fraction of sp³-hybridized carbons (Fsp3) is 0.250. The van der Waals surface area contributed by atoms with Crippen LogP contribution in [0.5, 0.6) is 5.75 Å². The molecule has 0 unspecified atom stereocenters. The second-order valence-electron chi connectivity index (χ2n) is 2.19. The average Bonchev–Trinajstić information content (AvgIpc) is 2.08. The van der Waals surface area contributed by atoms with Gasteiger partial charge in [-0.3, -0.25) is 0 Å². The van der Waals surface area contributed by atoms with Gasteiger partial charge in [-0.05, 0) is 28.1 Å². The second kappa shape index (κ2) is 6.49. The monoisotopic (exact) mass is 285 g/mol. The molecule has 0 fully saturated rings. The van der Waals surface area contributed by atoms with E-state index in [1.54, 1.807) is 6.07 Å². The molecule has 0 spiro atoms. The molecule has 0 saturated heterocycles. The molecule has 0 heterocycles. The van der Waals surface area contributed by atoms with Crippen molar-refractivity contribution in [3.63, 3.8) is 0 Å². The van der Waals surface area contributed by atoms with Gasteiger partial charge >= 0.3 is 0 Å². The van der Waals surface area contributed by atoms with Crippen LogP contribution in [0.4, 0.5) is 0 Å². The maximum atomic E-state index is 5.83. The second-order valence-corrected chi connectivity index (χ2v) is 3.39. The van der Waals surface area contributed by atoms with Crippen molar-refractivity contribution in [1.29, 1.82) is 0 Å². The van der Waals surface area contributed by atoms with Crippen molar-refractivity contribution in [2.24, 2.45) is 5.73 Å². The number of hydrogen-bond donors (Lipinski definition) is 1. The first kappa shape index (κ1) is 13.0. The number of ether oxygens (including phenoxy) is 1. The van der Waals surface area contributed by atoms with Gasteiger partial charge in [0.15, 0.2) is 0 Å². The van der Waals surface area contributed by atoms with E-state index in [9.17, 15) is 0 Å². The molecule has 0 saturated carbocycles. The molecular formula is C8H10BrCl2NO. The average molecular weight is 287 g/mol. The van der Waals surface area contributed by atoms with Gasteiger partial charge in [0.25, 0.3) is 0 Å². The summed E-state index contributed by atoms with van der Waals surface area (Å²) in [5.41, 5.74) is 5.29. The molecule has 0 atom stereocenters. The Balaban J connectivity index is 0.00000144. The van der Waals surface area contributed by atoms with Gasteiger partial charge in [-0.2, -0.15) is 0 Å². The van der Waals surface area contributed by atoms with E-state index in [1.807, 2.05) is 12.1 Å². The summed E-state index contributed by atoms with van der Waals surface area (Å²) >= 11 is 9.15. The summed E-state index contributed by atoms with van der Waals surface area (Å²) in [7, 11) is 0. The lowest BCUT2D eigenvalue weighted by molar-refractivity contribution is 0.326. The van der Waals surface area contributed by atoms with Gasteiger partial charge in [-0.15, -0.1) is 12.4 Å². The Morgan fingerprint density at radius 3 is 2.77 bits per heavy atom. The molecule has 0 aliphatic carbocycles. The standard InChI is InChI=1S/C8H9BrClNO.ClH/c9-8-6(10)2-1-3-7(8)12-5-4-11;/h1-3H,4-5,11H2;1H. The minimum absolute atomic E-state index is 0. The molecule has 1 aromatic rings. The van der Waals surface area contributed by atoms with E-state index in [1.165, 1.54) is 0 Å². The Bertz CT molecular complexity index is 270. The molecule has 1 aromatic carbocycles. The van der Waals surface area contributed by atoms with Crippen LogP contribution in [0.2, 0.25) is 5.02 Å². The van der Waals surface area contributed by atoms with Crippen molar-refractivity contribution >= 4 is 39.9 Å². The maximum Gasteiger partial charge on any atom is 0.135 e. The lowest BCUT2D eigenvalue weighted by atomic mass is 10.3. The predicted octanol–water partition coefficient (Wildman–Crippen LogP) is 2.86. The van der Waals surface area contributed by atoms with Crippen molar-refractivity contribution in [2.45, 2.75) is 0 Å². The molecule has 1 rings (SSSR count). The van der Waals surface area contributed by atoms with Gasteiger partial charge in [0.1, 0.15) is 12.4 Å². The van der Waals surface area contributed by atoms with E-state index in [-0.39, 0.29) is 12.4 Å². The Morgan fingerprint density at radius 2 is 2.15 bits per heavy atom. The van der Waals surface area contributed by atoms with Gasteiger partial charge in [-0.25, -0.2) is 0 Å². The van der Waals surface area contributed by atoms with Gasteiger partial charge in [0.2, 0.25) is 0 Å². The Hall–Kier alpha value is 0.0400. The Kier molecular flexibility index (Phi) is 6.51. The van der Waals surface area contributed by atoms with Crippen molar-refractivity contribution in [3.05, 3.63) is 27.7 Å². The molecule has 0 radical (unpaired) electrons. The Morgan fingerprint density at radius 1 is 1.46 bits per heavy atom. The van der Waals surface area contributed by atoms with Gasteiger partial charge in [0, 0.05) is 6.54 Å². The number of benzene rings is 1. The topological polar surface area (TPSA) is 35.2 Å². The summed E-state index contributed by atoms with van der Waals surface area (Å²) in [5.74, 6) is 0.730. The third-order valence-corrected chi connectivity index (χ3v) is 2.65. The predicted molar refractivity (Wildman–Crippen MR) is 60.9 cm³/mol. The summed E-state index contributed by atoms with van der Waals surface area (Å²) in [6.07, 6.45) is 0. The smallest absolute Gasteiger partial charge is 0.135 e. The summed E-state index contributed by atoms with van der Waals surface area (Å²) in [4.78, 5) is 0. The lowest BCUT2D eigenvalue weighted by Gasteiger charge is -2.06. The van der Waals surface area contributed by atoms with E-state index in [4.69, 9.17) is 22.1 Å². The first-order chi connectivity index (χ1) is 5.75. The minimum atomic E-state index is 0.